The number of fused-ring (bicyclic) bond motifs is 1. The van der Waals surface area contributed by atoms with Gasteiger partial charge in [-0.2, -0.15) is 14.5 Å². The van der Waals surface area contributed by atoms with E-state index in [-0.39, 0.29) is 12.0 Å². The lowest BCUT2D eigenvalue weighted by Crippen LogP contribution is -2.34. The zero-order valence-electron chi connectivity index (χ0n) is 17.6. The molecular weight excluding hydrogens is 410 g/mol. The number of aryl methyl sites for hydroxylation is 1. The van der Waals surface area contributed by atoms with Crippen LogP contribution < -0.4 is 0 Å². The van der Waals surface area contributed by atoms with Crippen LogP contribution in [0.25, 0.3) is 22.0 Å². The van der Waals surface area contributed by atoms with E-state index < -0.39 is 10.0 Å². The Bertz CT molecular complexity index is 1310. The van der Waals surface area contributed by atoms with Crippen molar-refractivity contribution in [2.45, 2.75) is 37.8 Å². The Kier molecular flexibility index (Phi) is 4.91. The van der Waals surface area contributed by atoms with Crippen molar-refractivity contribution < 1.29 is 8.42 Å². The average Bonchev–Trinajstić information content (AvgIpc) is 3.49. The predicted molar refractivity (Wildman–Crippen MR) is 120 cm³/mol. The van der Waals surface area contributed by atoms with Crippen molar-refractivity contribution >= 4 is 20.9 Å². The van der Waals surface area contributed by atoms with Crippen LogP contribution in [0.15, 0.2) is 66.0 Å². The molecule has 0 bridgehead atoms. The lowest BCUT2D eigenvalue weighted by Gasteiger charge is -2.21. The van der Waals surface area contributed by atoms with Crippen molar-refractivity contribution in [2.24, 2.45) is 5.92 Å². The van der Waals surface area contributed by atoms with E-state index in [9.17, 15) is 8.42 Å². The topological polar surface area (TPSA) is 83.9 Å². The zero-order valence-corrected chi connectivity index (χ0v) is 18.4. The minimum Gasteiger partial charge on any atom is -0.285 e. The molecule has 2 aromatic heterocycles. The number of aromatic amines is 1. The Morgan fingerprint density at radius 3 is 2.65 bits per heavy atom. The van der Waals surface area contributed by atoms with Gasteiger partial charge in [0.05, 0.1) is 22.8 Å². The molecule has 31 heavy (non-hydrogen) atoms. The normalized spacial score (nSPS) is 19.9. The molecule has 4 aromatic rings. The van der Waals surface area contributed by atoms with E-state index in [1.54, 1.807) is 22.6 Å². The van der Waals surface area contributed by atoms with Crippen LogP contribution in [0.2, 0.25) is 0 Å². The highest BCUT2D eigenvalue weighted by atomic mass is 32.2. The summed E-state index contributed by atoms with van der Waals surface area (Å²) in [6.07, 6.45) is 6.36. The van der Waals surface area contributed by atoms with Gasteiger partial charge in [0.15, 0.2) is 0 Å². The molecule has 160 valence electrons. The molecule has 7 nitrogen and oxygen atoms in total. The van der Waals surface area contributed by atoms with Gasteiger partial charge >= 0.3 is 0 Å². The maximum Gasteiger partial charge on any atom is 0.243 e. The summed E-state index contributed by atoms with van der Waals surface area (Å²) in [5.74, 6) is 0.215. The van der Waals surface area contributed by atoms with Crippen molar-refractivity contribution in [1.82, 2.24) is 24.3 Å². The number of H-pyrrole nitrogens is 1. The molecule has 1 fully saturated rings. The highest BCUT2D eigenvalue weighted by Crippen LogP contribution is 2.31. The first-order valence-corrected chi connectivity index (χ1v) is 11.9. The molecule has 2 atom stereocenters. The Morgan fingerprint density at radius 1 is 1.10 bits per heavy atom. The smallest absolute Gasteiger partial charge is 0.243 e. The number of nitrogens with zero attached hydrogens (tertiary/aromatic N) is 4. The van der Waals surface area contributed by atoms with Crippen molar-refractivity contribution in [2.75, 3.05) is 6.54 Å². The van der Waals surface area contributed by atoms with Crippen LogP contribution in [0.1, 0.15) is 18.9 Å². The van der Waals surface area contributed by atoms with Gasteiger partial charge in [-0.15, -0.1) is 0 Å². The summed E-state index contributed by atoms with van der Waals surface area (Å²) < 4.78 is 30.0. The van der Waals surface area contributed by atoms with Gasteiger partial charge in [0.25, 0.3) is 0 Å². The predicted octanol–water partition coefficient (Wildman–Crippen LogP) is 3.83. The fourth-order valence-electron chi connectivity index (χ4n) is 4.49. The molecule has 0 radical (unpaired) electrons. The summed E-state index contributed by atoms with van der Waals surface area (Å²) in [6.45, 7) is 5.15. The molecule has 0 aliphatic carbocycles. The number of hydrogen-bond donors (Lipinski definition) is 1. The molecule has 0 unspecified atom stereocenters. The summed E-state index contributed by atoms with van der Waals surface area (Å²) in [4.78, 5) is 0.363. The highest BCUT2D eigenvalue weighted by Gasteiger charge is 2.38. The molecule has 0 saturated carbocycles. The molecule has 5 rings (SSSR count). The molecule has 8 heteroatoms. The second-order valence-corrected chi connectivity index (χ2v) is 10.3. The molecule has 1 aliphatic heterocycles. The monoisotopic (exact) mass is 435 g/mol. The minimum atomic E-state index is -3.49. The standard InChI is InChI=1S/C23H25N5O2S/c1-16-3-6-22(7-4-16)31(29,30)28-15-18(9-17(28)2)14-27-23-8-5-19(10-20(23)13-26-27)21-11-24-25-12-21/h3-8,10-13,17-18H,9,14-15H2,1-2H3,(H,24,25)/t17-,18+/m1/s1. The Balaban J connectivity index is 1.35. The molecular formula is C23H25N5O2S. The SMILES string of the molecule is Cc1ccc(S(=O)(=O)N2C[C@H](Cn3ncc4cc(-c5cn[nH]c5)ccc43)C[C@H]2C)cc1. The summed E-state index contributed by atoms with van der Waals surface area (Å²) in [6, 6.07) is 13.3. The maximum atomic E-state index is 13.2. The van der Waals surface area contributed by atoms with Crippen LogP contribution in [0.5, 0.6) is 0 Å². The average molecular weight is 436 g/mol. The maximum absolute atomic E-state index is 13.2. The summed E-state index contributed by atoms with van der Waals surface area (Å²) in [5.41, 5.74) is 4.23. The first-order chi connectivity index (χ1) is 14.9. The number of rotatable bonds is 5. The zero-order chi connectivity index (χ0) is 21.6. The molecule has 1 N–H and O–H groups in total. The summed E-state index contributed by atoms with van der Waals surface area (Å²) in [7, 11) is -3.49. The van der Waals surface area contributed by atoms with E-state index in [2.05, 4.69) is 33.5 Å². The van der Waals surface area contributed by atoms with E-state index in [4.69, 9.17) is 0 Å². The van der Waals surface area contributed by atoms with E-state index in [1.165, 1.54) is 0 Å². The second kappa shape index (κ2) is 7.62. The first kappa shape index (κ1) is 20.0. The van der Waals surface area contributed by atoms with Crippen LogP contribution in [0.3, 0.4) is 0 Å². The van der Waals surface area contributed by atoms with Crippen LogP contribution in [0, 0.1) is 12.8 Å². The fraction of sp³-hybridized carbons (Fsp3) is 0.304. The third-order valence-corrected chi connectivity index (χ3v) is 8.13. The van der Waals surface area contributed by atoms with Gasteiger partial charge in [-0.3, -0.25) is 9.78 Å². The lowest BCUT2D eigenvalue weighted by molar-refractivity contribution is 0.396. The van der Waals surface area contributed by atoms with Gasteiger partial charge in [-0.05, 0) is 56.0 Å². The van der Waals surface area contributed by atoms with Gasteiger partial charge < -0.3 is 0 Å². The van der Waals surface area contributed by atoms with E-state index in [0.29, 0.717) is 18.0 Å². The number of benzene rings is 2. The third-order valence-electron chi connectivity index (χ3n) is 6.14. The minimum absolute atomic E-state index is 0.0363. The number of aromatic nitrogens is 4. The van der Waals surface area contributed by atoms with Crippen LogP contribution in [-0.2, 0) is 16.6 Å². The van der Waals surface area contributed by atoms with E-state index in [0.717, 1.165) is 34.0 Å². The first-order valence-electron chi connectivity index (χ1n) is 10.4. The second-order valence-electron chi connectivity index (χ2n) is 8.43. The Hall–Kier alpha value is -2.97. The van der Waals surface area contributed by atoms with Crippen LogP contribution in [0.4, 0.5) is 0 Å². The van der Waals surface area contributed by atoms with Gasteiger partial charge in [-0.1, -0.05) is 23.8 Å². The van der Waals surface area contributed by atoms with Crippen LogP contribution in [-0.4, -0.2) is 45.3 Å². The van der Waals surface area contributed by atoms with Crippen LogP contribution >= 0.6 is 0 Å². The van der Waals surface area contributed by atoms with E-state index >= 15 is 0 Å². The quantitative estimate of drug-likeness (QED) is 0.516. The third kappa shape index (κ3) is 3.66. The Labute approximate surface area is 181 Å². The molecule has 1 aliphatic rings. The van der Waals surface area contributed by atoms with Crippen molar-refractivity contribution in [3.05, 3.63) is 66.6 Å². The summed E-state index contributed by atoms with van der Waals surface area (Å²) in [5, 5.41) is 12.5. The lowest BCUT2D eigenvalue weighted by atomic mass is 10.1. The van der Waals surface area contributed by atoms with Gasteiger partial charge in [-0.25, -0.2) is 8.42 Å². The molecule has 0 amide bonds. The number of sulfonamides is 1. The van der Waals surface area contributed by atoms with Gasteiger partial charge in [0.2, 0.25) is 10.0 Å². The molecule has 1 saturated heterocycles. The number of nitrogens with one attached hydrogen (secondary N) is 1. The van der Waals surface area contributed by atoms with Gasteiger partial charge in [0, 0.05) is 36.3 Å². The molecule has 3 heterocycles. The largest absolute Gasteiger partial charge is 0.285 e. The van der Waals surface area contributed by atoms with Gasteiger partial charge in [0.1, 0.15) is 0 Å². The molecule has 2 aromatic carbocycles. The number of hydrogen-bond acceptors (Lipinski definition) is 4. The summed E-state index contributed by atoms with van der Waals surface area (Å²) >= 11 is 0. The van der Waals surface area contributed by atoms with E-state index in [1.807, 2.05) is 43.1 Å². The Morgan fingerprint density at radius 2 is 1.90 bits per heavy atom. The fourth-order valence-corrected chi connectivity index (χ4v) is 6.21. The van der Waals surface area contributed by atoms with Crippen molar-refractivity contribution in [3.8, 4) is 11.1 Å². The van der Waals surface area contributed by atoms with Crippen molar-refractivity contribution in [1.29, 1.82) is 0 Å². The van der Waals surface area contributed by atoms with Crippen molar-refractivity contribution in [3.63, 3.8) is 0 Å². The molecule has 0 spiro atoms. The highest BCUT2D eigenvalue weighted by molar-refractivity contribution is 7.89.